The first-order chi connectivity index (χ1) is 5.25. The van der Waals surface area contributed by atoms with Gasteiger partial charge in [-0.05, 0) is 0 Å². The quantitative estimate of drug-likeness (QED) is 0.728. The third kappa shape index (κ3) is 2.22. The van der Waals surface area contributed by atoms with Crippen molar-refractivity contribution in [2.24, 2.45) is 0 Å². The molecule has 0 aromatic heterocycles. The van der Waals surface area contributed by atoms with Crippen LogP contribution in [0.4, 0.5) is 0 Å². The second kappa shape index (κ2) is 4.15. The molecule has 0 bridgehead atoms. The molecule has 0 saturated carbocycles. The van der Waals surface area contributed by atoms with Crippen LogP contribution in [0.1, 0.15) is 5.56 Å². The standard InChI is InChI=1S/C7H4Cl2IN/c8-10(9)7-4-2-1-3-6(7)5-11/h1-4H. The van der Waals surface area contributed by atoms with Crippen molar-refractivity contribution >= 4 is 35.4 Å². The Labute approximate surface area is 79.7 Å². The summed E-state index contributed by atoms with van der Waals surface area (Å²) in [5.41, 5.74) is 0.600. The van der Waals surface area contributed by atoms with Crippen LogP contribution in [0, 0.1) is 14.9 Å². The van der Waals surface area contributed by atoms with E-state index in [4.69, 9.17) is 23.1 Å². The fourth-order valence-electron chi connectivity index (χ4n) is 0.676. The van der Waals surface area contributed by atoms with Gasteiger partial charge < -0.3 is 0 Å². The Hall–Kier alpha value is 0.0200. The maximum atomic E-state index is 8.63. The van der Waals surface area contributed by atoms with E-state index in [9.17, 15) is 0 Å². The van der Waals surface area contributed by atoms with Gasteiger partial charge >= 0.3 is 80.1 Å². The molecule has 0 aliphatic heterocycles. The third-order valence-electron chi connectivity index (χ3n) is 1.15. The van der Waals surface area contributed by atoms with Gasteiger partial charge in [0.05, 0.1) is 0 Å². The minimum atomic E-state index is -2.02. The summed E-state index contributed by atoms with van der Waals surface area (Å²) in [6.45, 7) is 0. The van der Waals surface area contributed by atoms with Gasteiger partial charge in [0.1, 0.15) is 0 Å². The van der Waals surface area contributed by atoms with Crippen molar-refractivity contribution in [1.82, 2.24) is 0 Å². The zero-order valence-electron chi connectivity index (χ0n) is 5.39. The molecule has 0 N–H and O–H groups in total. The van der Waals surface area contributed by atoms with Crippen LogP contribution in [0.25, 0.3) is 0 Å². The summed E-state index contributed by atoms with van der Waals surface area (Å²) in [4.78, 5) is 0. The summed E-state index contributed by atoms with van der Waals surface area (Å²) in [6.07, 6.45) is 0. The van der Waals surface area contributed by atoms with E-state index >= 15 is 0 Å². The number of halogens is 3. The average Bonchev–Trinajstić information content (AvgIpc) is 2.04. The van der Waals surface area contributed by atoms with Crippen molar-refractivity contribution in [2.45, 2.75) is 0 Å². The van der Waals surface area contributed by atoms with Gasteiger partial charge in [0.2, 0.25) is 0 Å². The number of rotatable bonds is 1. The van der Waals surface area contributed by atoms with Gasteiger partial charge in [0.25, 0.3) is 0 Å². The predicted molar refractivity (Wildman–Crippen MR) is 55.6 cm³/mol. The van der Waals surface area contributed by atoms with E-state index in [0.29, 0.717) is 5.56 Å². The number of nitrogens with zero attached hydrogens (tertiary/aromatic N) is 1. The van der Waals surface area contributed by atoms with Crippen LogP contribution in [-0.4, -0.2) is 0 Å². The zero-order chi connectivity index (χ0) is 8.27. The monoisotopic (exact) mass is 299 g/mol. The Bertz CT molecular complexity index is 293. The number of nitriles is 1. The molecule has 11 heavy (non-hydrogen) atoms. The van der Waals surface area contributed by atoms with Crippen molar-refractivity contribution in [3.63, 3.8) is 0 Å². The molecule has 1 aromatic rings. The van der Waals surface area contributed by atoms with E-state index in [0.717, 1.165) is 3.57 Å². The van der Waals surface area contributed by atoms with Crippen LogP contribution in [-0.2, 0) is 0 Å². The molecule has 0 atom stereocenters. The first-order valence-corrected chi connectivity index (χ1v) is 9.32. The Morgan fingerprint density at radius 3 is 2.36 bits per heavy atom. The van der Waals surface area contributed by atoms with Crippen molar-refractivity contribution in [3.8, 4) is 6.07 Å². The molecule has 0 radical (unpaired) electrons. The SMILES string of the molecule is N#Cc1ccccc1I(Cl)Cl. The van der Waals surface area contributed by atoms with E-state index in [1.807, 2.05) is 18.2 Å². The van der Waals surface area contributed by atoms with Crippen LogP contribution in [0.2, 0.25) is 0 Å². The second-order valence-electron chi connectivity index (χ2n) is 1.79. The number of hydrogen-bond donors (Lipinski definition) is 0. The molecule has 0 fully saturated rings. The van der Waals surface area contributed by atoms with Gasteiger partial charge in [-0.1, -0.05) is 0 Å². The molecule has 1 aromatic carbocycles. The normalized spacial score (nSPS) is 10.5. The molecule has 4 heteroatoms. The van der Waals surface area contributed by atoms with Crippen LogP contribution in [0.15, 0.2) is 24.3 Å². The molecule has 0 aliphatic rings. The summed E-state index contributed by atoms with van der Waals surface area (Å²) in [6, 6.07) is 9.22. The molecule has 0 spiro atoms. The topological polar surface area (TPSA) is 23.8 Å². The fraction of sp³-hybridized carbons (Fsp3) is 0. The molecular weight excluding hydrogens is 296 g/mol. The number of benzene rings is 1. The van der Waals surface area contributed by atoms with Crippen molar-refractivity contribution in [1.29, 1.82) is 5.26 Å². The molecule has 0 saturated heterocycles. The Morgan fingerprint density at radius 2 is 1.91 bits per heavy atom. The summed E-state index contributed by atoms with van der Waals surface area (Å²) in [5.74, 6) is 0. The third-order valence-corrected chi connectivity index (χ3v) is 5.03. The van der Waals surface area contributed by atoms with Crippen molar-refractivity contribution in [3.05, 3.63) is 33.4 Å². The first kappa shape index (κ1) is 9.11. The summed E-state index contributed by atoms with van der Waals surface area (Å²) in [5, 5.41) is 8.63. The molecular formula is C7H4Cl2IN. The van der Waals surface area contributed by atoms with Gasteiger partial charge in [-0.2, -0.15) is 0 Å². The average molecular weight is 300 g/mol. The van der Waals surface area contributed by atoms with Crippen LogP contribution >= 0.6 is 35.4 Å². The minimum absolute atomic E-state index is 0.600. The Morgan fingerprint density at radius 1 is 1.27 bits per heavy atom. The van der Waals surface area contributed by atoms with Gasteiger partial charge in [-0.25, -0.2) is 0 Å². The van der Waals surface area contributed by atoms with Gasteiger partial charge in [-0.3, -0.25) is 0 Å². The van der Waals surface area contributed by atoms with Gasteiger partial charge in [0.15, 0.2) is 0 Å². The molecule has 1 rings (SSSR count). The van der Waals surface area contributed by atoms with Gasteiger partial charge in [0, 0.05) is 0 Å². The van der Waals surface area contributed by atoms with Crippen LogP contribution < -0.4 is 0 Å². The zero-order valence-corrected chi connectivity index (χ0v) is 9.06. The maximum absolute atomic E-state index is 8.63. The van der Waals surface area contributed by atoms with Crippen LogP contribution in [0.5, 0.6) is 0 Å². The molecule has 1 nitrogen and oxygen atoms in total. The van der Waals surface area contributed by atoms with E-state index in [1.54, 1.807) is 12.1 Å². The number of hydrogen-bond acceptors (Lipinski definition) is 1. The summed E-state index contributed by atoms with van der Waals surface area (Å²) < 4.78 is 0.822. The Kier molecular flexibility index (Phi) is 3.44. The summed E-state index contributed by atoms with van der Waals surface area (Å²) >= 11 is -2.02. The van der Waals surface area contributed by atoms with E-state index < -0.39 is 17.6 Å². The summed E-state index contributed by atoms with van der Waals surface area (Å²) in [7, 11) is 11.5. The van der Waals surface area contributed by atoms with E-state index in [2.05, 4.69) is 0 Å². The molecule has 0 aliphatic carbocycles. The molecule has 58 valence electrons. The van der Waals surface area contributed by atoms with Crippen molar-refractivity contribution in [2.75, 3.05) is 0 Å². The molecule has 0 heterocycles. The molecule has 0 unspecified atom stereocenters. The van der Waals surface area contributed by atoms with E-state index in [-0.39, 0.29) is 0 Å². The predicted octanol–water partition coefficient (Wildman–Crippen LogP) is 3.54. The van der Waals surface area contributed by atoms with E-state index in [1.165, 1.54) is 0 Å². The van der Waals surface area contributed by atoms with Gasteiger partial charge in [-0.15, -0.1) is 0 Å². The fourth-order valence-corrected chi connectivity index (χ4v) is 3.57. The second-order valence-corrected chi connectivity index (χ2v) is 8.89. The van der Waals surface area contributed by atoms with Crippen LogP contribution in [0.3, 0.4) is 0 Å². The first-order valence-electron chi connectivity index (χ1n) is 2.78. The Balaban J connectivity index is 3.15. The molecule has 0 amide bonds. The van der Waals surface area contributed by atoms with Crippen molar-refractivity contribution < 1.29 is 0 Å².